The first-order valence-electron chi connectivity index (χ1n) is 12.8. The highest BCUT2D eigenvalue weighted by molar-refractivity contribution is 6.11. The molecule has 192 valence electrons. The second-order valence-electron chi connectivity index (χ2n) is 11.9. The number of amides is 1. The molecular weight excluding hydrogens is 452 g/mol. The molecule has 2 aliphatic carbocycles. The van der Waals surface area contributed by atoms with Gasteiger partial charge in [-0.3, -0.25) is 14.4 Å². The lowest BCUT2D eigenvalue weighted by molar-refractivity contribution is -0.145. The summed E-state index contributed by atoms with van der Waals surface area (Å²) < 4.78 is 1.88. The molecule has 2 aliphatic rings. The SMILES string of the molecule is CC=C(C)C(=O)c1c(C)c(C(=O)NC2CC(C(=O)O)C2)cn1-c1cc(C(C)(C)C)cc(C2(C)CC2)c1. The quantitative estimate of drug-likeness (QED) is 0.375. The molecule has 0 bridgehead atoms. The minimum absolute atomic E-state index is 0.0767. The fraction of sp³-hybridized carbons (Fsp3) is 0.500. The van der Waals surface area contributed by atoms with E-state index >= 15 is 0 Å². The number of ketones is 1. The molecule has 0 saturated heterocycles. The van der Waals surface area contributed by atoms with Crippen molar-refractivity contribution in [3.05, 3.63) is 64.0 Å². The Balaban J connectivity index is 1.81. The van der Waals surface area contributed by atoms with Crippen LogP contribution < -0.4 is 5.32 Å². The Hall–Kier alpha value is -3.15. The summed E-state index contributed by atoms with van der Waals surface area (Å²) in [5.41, 5.74) is 5.59. The first-order chi connectivity index (χ1) is 16.7. The monoisotopic (exact) mass is 490 g/mol. The smallest absolute Gasteiger partial charge is 0.306 e. The zero-order valence-electron chi connectivity index (χ0n) is 22.5. The minimum Gasteiger partial charge on any atom is -0.481 e. The van der Waals surface area contributed by atoms with Gasteiger partial charge in [0.05, 0.1) is 17.2 Å². The second-order valence-corrected chi connectivity index (χ2v) is 11.9. The van der Waals surface area contributed by atoms with Crippen LogP contribution in [0.1, 0.15) is 105 Å². The van der Waals surface area contributed by atoms with Crippen molar-refractivity contribution < 1.29 is 19.5 Å². The van der Waals surface area contributed by atoms with Crippen LogP contribution >= 0.6 is 0 Å². The third-order valence-corrected chi connectivity index (χ3v) is 8.09. The fourth-order valence-electron chi connectivity index (χ4n) is 4.84. The summed E-state index contributed by atoms with van der Waals surface area (Å²) in [4.78, 5) is 37.9. The predicted molar refractivity (Wildman–Crippen MR) is 141 cm³/mol. The van der Waals surface area contributed by atoms with Crippen molar-refractivity contribution in [2.75, 3.05) is 0 Å². The standard InChI is InChI=1S/C30H38N2O4/c1-8-17(2)26(33)25-18(3)24(27(34)31-22-11-19(12-22)28(35)36)16-32(25)23-14-20(29(4,5)6)13-21(15-23)30(7)9-10-30/h8,13-16,19,22H,9-12H2,1-7H3,(H,31,34)(H,35,36). The average Bonchev–Trinajstić information content (AvgIpc) is 3.44. The molecule has 2 fully saturated rings. The molecule has 6 heteroatoms. The van der Waals surface area contributed by atoms with Crippen LogP contribution in [0.15, 0.2) is 36.0 Å². The van der Waals surface area contributed by atoms with Gasteiger partial charge in [0.1, 0.15) is 0 Å². The molecule has 1 heterocycles. The van der Waals surface area contributed by atoms with Crippen molar-refractivity contribution >= 4 is 17.7 Å². The number of nitrogens with one attached hydrogen (secondary N) is 1. The number of Topliss-reactive ketones (excluding diaryl/α,β-unsaturated/α-hetero) is 1. The van der Waals surface area contributed by atoms with E-state index in [1.165, 1.54) is 11.1 Å². The van der Waals surface area contributed by atoms with Crippen molar-refractivity contribution in [1.29, 1.82) is 0 Å². The Morgan fingerprint density at radius 1 is 1.14 bits per heavy atom. The Bertz CT molecular complexity index is 1240. The van der Waals surface area contributed by atoms with Crippen LogP contribution in [0.5, 0.6) is 0 Å². The van der Waals surface area contributed by atoms with Crippen LogP contribution in [0, 0.1) is 12.8 Å². The number of hydrogen-bond acceptors (Lipinski definition) is 3. The van der Waals surface area contributed by atoms with Gasteiger partial charge in [0.2, 0.25) is 5.78 Å². The van der Waals surface area contributed by atoms with Crippen molar-refractivity contribution in [2.24, 2.45) is 5.92 Å². The number of benzene rings is 1. The lowest BCUT2D eigenvalue weighted by Gasteiger charge is -2.32. The summed E-state index contributed by atoms with van der Waals surface area (Å²) in [6.45, 7) is 14.3. The van der Waals surface area contributed by atoms with E-state index in [-0.39, 0.29) is 28.6 Å². The minimum atomic E-state index is -0.823. The van der Waals surface area contributed by atoms with E-state index in [0.717, 1.165) is 18.5 Å². The highest BCUT2D eigenvalue weighted by Crippen LogP contribution is 2.49. The van der Waals surface area contributed by atoms with Gasteiger partial charge in [-0.2, -0.15) is 0 Å². The normalized spacial score (nSPS) is 21.0. The second kappa shape index (κ2) is 9.06. The number of rotatable bonds is 7. The summed E-state index contributed by atoms with van der Waals surface area (Å²) in [5.74, 6) is -1.60. The largest absolute Gasteiger partial charge is 0.481 e. The van der Waals surface area contributed by atoms with Crippen LogP contribution in [0.4, 0.5) is 0 Å². The van der Waals surface area contributed by atoms with Crippen LogP contribution in [0.2, 0.25) is 0 Å². The Morgan fingerprint density at radius 2 is 1.78 bits per heavy atom. The Kier molecular flexibility index (Phi) is 6.52. The van der Waals surface area contributed by atoms with Crippen molar-refractivity contribution in [3.63, 3.8) is 0 Å². The van der Waals surface area contributed by atoms with Crippen LogP contribution in [-0.2, 0) is 15.6 Å². The molecule has 1 aromatic carbocycles. The molecule has 1 amide bonds. The van der Waals surface area contributed by atoms with E-state index < -0.39 is 11.9 Å². The highest BCUT2D eigenvalue weighted by atomic mass is 16.4. The Labute approximate surface area is 213 Å². The number of carboxylic acids is 1. The van der Waals surface area contributed by atoms with E-state index in [2.05, 4.69) is 51.2 Å². The molecular formula is C30H38N2O4. The van der Waals surface area contributed by atoms with Crippen LogP contribution in [0.25, 0.3) is 5.69 Å². The van der Waals surface area contributed by atoms with Crippen LogP contribution in [-0.4, -0.2) is 33.4 Å². The summed E-state index contributed by atoms with van der Waals surface area (Å²) in [5, 5.41) is 12.1. The lowest BCUT2D eigenvalue weighted by Crippen LogP contribution is -2.46. The van der Waals surface area contributed by atoms with Gasteiger partial charge >= 0.3 is 5.97 Å². The molecule has 0 spiro atoms. The Morgan fingerprint density at radius 3 is 2.31 bits per heavy atom. The summed E-state index contributed by atoms with van der Waals surface area (Å²) in [6, 6.07) is 6.41. The number of carboxylic acid groups (broad SMARTS) is 1. The van der Waals surface area contributed by atoms with Crippen molar-refractivity contribution in [2.45, 2.75) is 91.0 Å². The van der Waals surface area contributed by atoms with Gasteiger partial charge in [-0.15, -0.1) is 0 Å². The third kappa shape index (κ3) is 4.78. The number of carbonyl (C=O) groups is 3. The van der Waals surface area contributed by atoms with E-state index in [0.29, 0.717) is 35.2 Å². The third-order valence-electron chi connectivity index (χ3n) is 8.09. The van der Waals surface area contributed by atoms with Gasteiger partial charge in [-0.1, -0.05) is 39.8 Å². The summed E-state index contributed by atoms with van der Waals surface area (Å²) in [6.07, 6.45) is 6.71. The molecule has 6 nitrogen and oxygen atoms in total. The van der Waals surface area contributed by atoms with Gasteiger partial charge in [-0.05, 0) is 91.7 Å². The highest BCUT2D eigenvalue weighted by Gasteiger charge is 2.40. The zero-order valence-corrected chi connectivity index (χ0v) is 22.5. The van der Waals surface area contributed by atoms with Gasteiger partial charge in [-0.25, -0.2) is 0 Å². The number of allylic oxidation sites excluding steroid dienone is 2. The van der Waals surface area contributed by atoms with E-state index in [4.69, 9.17) is 5.11 Å². The molecule has 0 unspecified atom stereocenters. The van der Waals surface area contributed by atoms with Gasteiger partial charge in [0.25, 0.3) is 5.91 Å². The number of hydrogen-bond donors (Lipinski definition) is 2. The molecule has 0 aliphatic heterocycles. The molecule has 2 saturated carbocycles. The van der Waals surface area contributed by atoms with E-state index in [9.17, 15) is 14.4 Å². The number of nitrogens with zero attached hydrogens (tertiary/aromatic N) is 1. The molecule has 0 radical (unpaired) electrons. The number of aromatic nitrogens is 1. The first kappa shape index (κ1) is 25.9. The van der Waals surface area contributed by atoms with Gasteiger partial charge in [0.15, 0.2) is 0 Å². The molecule has 2 N–H and O–H groups in total. The maximum atomic E-state index is 13.5. The number of aliphatic carboxylic acids is 1. The van der Waals surface area contributed by atoms with E-state index in [1.807, 2.05) is 18.4 Å². The van der Waals surface area contributed by atoms with Gasteiger partial charge in [0, 0.05) is 17.9 Å². The maximum absolute atomic E-state index is 13.5. The summed E-state index contributed by atoms with van der Waals surface area (Å²) >= 11 is 0. The predicted octanol–water partition coefficient (Wildman–Crippen LogP) is 5.88. The fourth-order valence-corrected chi connectivity index (χ4v) is 4.84. The van der Waals surface area contributed by atoms with Crippen molar-refractivity contribution in [3.8, 4) is 5.69 Å². The van der Waals surface area contributed by atoms with Crippen LogP contribution in [0.3, 0.4) is 0 Å². The zero-order chi connectivity index (χ0) is 26.6. The first-order valence-corrected chi connectivity index (χ1v) is 12.8. The molecule has 1 aromatic heterocycles. The molecule has 36 heavy (non-hydrogen) atoms. The van der Waals surface area contributed by atoms with E-state index in [1.54, 1.807) is 19.2 Å². The maximum Gasteiger partial charge on any atom is 0.306 e. The average molecular weight is 491 g/mol. The summed E-state index contributed by atoms with van der Waals surface area (Å²) in [7, 11) is 0. The van der Waals surface area contributed by atoms with Gasteiger partial charge < -0.3 is 15.0 Å². The van der Waals surface area contributed by atoms with Crippen molar-refractivity contribution in [1.82, 2.24) is 9.88 Å². The number of carbonyl (C=O) groups excluding carboxylic acids is 2. The molecule has 0 atom stereocenters. The topological polar surface area (TPSA) is 88.4 Å². The lowest BCUT2D eigenvalue weighted by atomic mass is 9.80. The molecule has 2 aromatic rings. The molecule has 4 rings (SSSR count).